The molecule has 0 aliphatic carbocycles. The predicted octanol–water partition coefficient (Wildman–Crippen LogP) is 3.17. The normalized spacial score (nSPS) is 10.8. The third-order valence-corrected chi connectivity index (χ3v) is 2.00. The quantitative estimate of drug-likeness (QED) is 0.762. The van der Waals surface area contributed by atoms with E-state index in [-0.39, 0.29) is 0 Å². The summed E-state index contributed by atoms with van der Waals surface area (Å²) in [6, 6.07) is 5.58. The molecule has 0 amide bonds. The van der Waals surface area contributed by atoms with Crippen LogP contribution in [0.1, 0.15) is 5.56 Å². The van der Waals surface area contributed by atoms with Crippen molar-refractivity contribution in [2.24, 2.45) is 0 Å². The van der Waals surface area contributed by atoms with Gasteiger partial charge >= 0.3 is 0 Å². The van der Waals surface area contributed by atoms with Gasteiger partial charge in [0.2, 0.25) is 0 Å². The van der Waals surface area contributed by atoms with Crippen molar-refractivity contribution in [2.75, 3.05) is 13.7 Å². The van der Waals surface area contributed by atoms with Crippen LogP contribution in [0.15, 0.2) is 24.3 Å². The summed E-state index contributed by atoms with van der Waals surface area (Å²) in [7, 11) is 4.86. The zero-order chi connectivity index (χ0) is 10.4. The van der Waals surface area contributed by atoms with Crippen LogP contribution in [-0.4, -0.2) is 13.7 Å². The molecule has 14 heavy (non-hydrogen) atoms. The van der Waals surface area contributed by atoms with Crippen LogP contribution in [-0.2, 0) is 4.74 Å². The molecule has 0 aromatic heterocycles. The Hall–Kier alpha value is -0.990. The molecule has 0 atom stereocenters. The number of hydrogen-bond donors (Lipinski definition) is 0. The van der Waals surface area contributed by atoms with E-state index >= 15 is 0 Å². The van der Waals surface area contributed by atoms with Gasteiger partial charge in [-0.1, -0.05) is 29.8 Å². The molecule has 0 saturated carbocycles. The van der Waals surface area contributed by atoms with Crippen molar-refractivity contribution in [2.45, 2.75) is 0 Å². The predicted molar refractivity (Wildman–Crippen MR) is 58.3 cm³/mol. The SMILES string of the molecule is [CH2]OC/C=C/c1ccc(OC)c(Cl)c1. The van der Waals surface area contributed by atoms with Gasteiger partial charge in [-0.3, -0.25) is 0 Å². The Bertz CT molecular complexity index is 321. The van der Waals surface area contributed by atoms with Crippen LogP contribution in [0, 0.1) is 7.11 Å². The second-order valence-electron chi connectivity index (χ2n) is 2.67. The van der Waals surface area contributed by atoms with Crippen molar-refractivity contribution < 1.29 is 9.47 Å². The molecule has 0 fully saturated rings. The van der Waals surface area contributed by atoms with Crippen LogP contribution in [0.5, 0.6) is 5.75 Å². The second-order valence-corrected chi connectivity index (χ2v) is 3.07. The van der Waals surface area contributed by atoms with Crippen LogP contribution in [0.25, 0.3) is 6.08 Å². The lowest BCUT2D eigenvalue weighted by atomic mass is 10.2. The summed E-state index contributed by atoms with van der Waals surface area (Å²) in [5.41, 5.74) is 1.01. The average molecular weight is 212 g/mol. The van der Waals surface area contributed by atoms with E-state index < -0.39 is 0 Å². The molecule has 0 aliphatic rings. The highest BCUT2D eigenvalue weighted by molar-refractivity contribution is 6.32. The van der Waals surface area contributed by atoms with Gasteiger partial charge in [0.15, 0.2) is 0 Å². The fraction of sp³-hybridized carbons (Fsp3) is 0.182. The van der Waals surface area contributed by atoms with Gasteiger partial charge in [0.25, 0.3) is 0 Å². The summed E-state index contributed by atoms with van der Waals surface area (Å²) in [6.07, 6.45) is 3.78. The van der Waals surface area contributed by atoms with Crippen LogP contribution in [0.4, 0.5) is 0 Å². The molecule has 0 N–H and O–H groups in total. The van der Waals surface area contributed by atoms with Crippen LogP contribution >= 0.6 is 11.6 Å². The van der Waals surface area contributed by atoms with Gasteiger partial charge in [-0.2, -0.15) is 0 Å². The highest BCUT2D eigenvalue weighted by Gasteiger charge is 1.98. The van der Waals surface area contributed by atoms with Gasteiger partial charge in [0.05, 0.1) is 25.8 Å². The molecule has 3 heteroatoms. The second kappa shape index (κ2) is 5.68. The van der Waals surface area contributed by atoms with E-state index in [0.29, 0.717) is 17.4 Å². The van der Waals surface area contributed by atoms with Gasteiger partial charge in [-0.05, 0) is 17.7 Å². The van der Waals surface area contributed by atoms with Crippen LogP contribution in [0.3, 0.4) is 0 Å². The summed E-state index contributed by atoms with van der Waals surface area (Å²) < 4.78 is 9.68. The fourth-order valence-electron chi connectivity index (χ4n) is 1.04. The van der Waals surface area contributed by atoms with E-state index in [2.05, 4.69) is 11.8 Å². The van der Waals surface area contributed by atoms with E-state index in [1.807, 2.05) is 30.4 Å². The van der Waals surface area contributed by atoms with Crippen LogP contribution < -0.4 is 4.74 Å². The molecule has 1 aromatic carbocycles. The maximum atomic E-state index is 5.94. The average Bonchev–Trinajstić information content (AvgIpc) is 2.18. The fourth-order valence-corrected chi connectivity index (χ4v) is 1.30. The monoisotopic (exact) mass is 211 g/mol. The Balaban J connectivity index is 2.76. The number of halogens is 1. The number of methoxy groups -OCH3 is 1. The van der Waals surface area contributed by atoms with Gasteiger partial charge < -0.3 is 9.47 Å². The molecular weight excluding hydrogens is 200 g/mol. The van der Waals surface area contributed by atoms with Gasteiger partial charge in [-0.15, -0.1) is 0 Å². The first kappa shape index (κ1) is 11.1. The summed E-state index contributed by atoms with van der Waals surface area (Å²) >= 11 is 5.94. The minimum absolute atomic E-state index is 0.490. The largest absolute Gasteiger partial charge is 0.495 e. The number of benzene rings is 1. The topological polar surface area (TPSA) is 18.5 Å². The third-order valence-electron chi connectivity index (χ3n) is 1.70. The minimum atomic E-state index is 0.490. The zero-order valence-electron chi connectivity index (χ0n) is 8.00. The molecule has 75 valence electrons. The molecule has 1 radical (unpaired) electrons. The van der Waals surface area contributed by atoms with Gasteiger partial charge in [0, 0.05) is 0 Å². The Labute approximate surface area is 89.1 Å². The molecular formula is C11H12ClO2. The Morgan fingerprint density at radius 1 is 1.50 bits per heavy atom. The van der Waals surface area contributed by atoms with Crippen molar-refractivity contribution in [3.63, 3.8) is 0 Å². The first-order chi connectivity index (χ1) is 6.77. The maximum absolute atomic E-state index is 5.94. The smallest absolute Gasteiger partial charge is 0.137 e. The molecule has 0 spiro atoms. The molecule has 1 aromatic rings. The molecule has 0 unspecified atom stereocenters. The van der Waals surface area contributed by atoms with Crippen molar-refractivity contribution in [1.82, 2.24) is 0 Å². The van der Waals surface area contributed by atoms with E-state index in [9.17, 15) is 0 Å². The lowest BCUT2D eigenvalue weighted by molar-refractivity contribution is 0.282. The van der Waals surface area contributed by atoms with Gasteiger partial charge in [0.1, 0.15) is 5.75 Å². The first-order valence-electron chi connectivity index (χ1n) is 4.15. The summed E-state index contributed by atoms with van der Waals surface area (Å²) in [6.45, 7) is 0.490. The van der Waals surface area contributed by atoms with E-state index in [0.717, 1.165) is 5.56 Å². The summed E-state index contributed by atoms with van der Waals surface area (Å²) in [5.74, 6) is 0.678. The number of hydrogen-bond acceptors (Lipinski definition) is 2. The molecule has 0 aliphatic heterocycles. The Morgan fingerprint density at radius 3 is 2.86 bits per heavy atom. The molecule has 0 bridgehead atoms. The molecule has 2 nitrogen and oxygen atoms in total. The highest BCUT2D eigenvalue weighted by Crippen LogP contribution is 2.25. The Kier molecular flexibility index (Phi) is 4.50. The lowest BCUT2D eigenvalue weighted by Crippen LogP contribution is -1.84. The summed E-state index contributed by atoms with van der Waals surface area (Å²) in [4.78, 5) is 0. The number of ether oxygens (including phenoxy) is 2. The number of rotatable bonds is 4. The standard InChI is InChI=1S/C11H12ClO2/c1-13-7-3-4-9-5-6-11(14-2)10(12)8-9/h3-6,8H,1,7H2,2H3/b4-3+. The molecule has 0 saturated heterocycles. The summed E-state index contributed by atoms with van der Waals surface area (Å²) in [5, 5.41) is 0.602. The van der Waals surface area contributed by atoms with Crippen LogP contribution in [0.2, 0.25) is 5.02 Å². The van der Waals surface area contributed by atoms with Crippen molar-refractivity contribution >= 4 is 17.7 Å². The molecule has 1 rings (SSSR count). The maximum Gasteiger partial charge on any atom is 0.137 e. The van der Waals surface area contributed by atoms with Crippen molar-refractivity contribution in [3.05, 3.63) is 42.0 Å². The van der Waals surface area contributed by atoms with E-state index in [1.54, 1.807) is 7.11 Å². The Morgan fingerprint density at radius 2 is 2.29 bits per heavy atom. The molecule has 0 heterocycles. The zero-order valence-corrected chi connectivity index (χ0v) is 8.75. The third kappa shape index (κ3) is 3.05. The van der Waals surface area contributed by atoms with Crippen molar-refractivity contribution in [3.8, 4) is 5.75 Å². The lowest BCUT2D eigenvalue weighted by Gasteiger charge is -2.02. The van der Waals surface area contributed by atoms with Gasteiger partial charge in [-0.25, -0.2) is 0 Å². The van der Waals surface area contributed by atoms with E-state index in [1.165, 1.54) is 0 Å². The first-order valence-corrected chi connectivity index (χ1v) is 4.52. The highest BCUT2D eigenvalue weighted by atomic mass is 35.5. The van der Waals surface area contributed by atoms with E-state index in [4.69, 9.17) is 16.3 Å². The van der Waals surface area contributed by atoms with Crippen molar-refractivity contribution in [1.29, 1.82) is 0 Å². The minimum Gasteiger partial charge on any atom is -0.495 e.